The van der Waals surface area contributed by atoms with Gasteiger partial charge in [-0.05, 0) is 6.42 Å². The summed E-state index contributed by atoms with van der Waals surface area (Å²) in [5, 5.41) is 4.32. The highest BCUT2D eigenvalue weighted by Gasteiger charge is 2.21. The van der Waals surface area contributed by atoms with Crippen LogP contribution >= 0.6 is 0 Å². The van der Waals surface area contributed by atoms with Gasteiger partial charge >= 0.3 is 0 Å². The van der Waals surface area contributed by atoms with Gasteiger partial charge in [-0.25, -0.2) is 5.06 Å². The predicted octanol–water partition coefficient (Wildman–Crippen LogP) is -0.0757. The Kier molecular flexibility index (Phi) is 3.25. The number of nitrogens with zero attached hydrogens (tertiary/aromatic N) is 1. The third-order valence-electron chi connectivity index (χ3n) is 1.90. The van der Waals surface area contributed by atoms with Crippen molar-refractivity contribution < 1.29 is 9.63 Å². The Morgan fingerprint density at radius 2 is 2.42 bits per heavy atom. The van der Waals surface area contributed by atoms with Gasteiger partial charge in [0.15, 0.2) is 0 Å². The van der Waals surface area contributed by atoms with Crippen molar-refractivity contribution in [3.63, 3.8) is 0 Å². The minimum atomic E-state index is -0.125. The van der Waals surface area contributed by atoms with Crippen molar-refractivity contribution in [3.8, 4) is 0 Å². The van der Waals surface area contributed by atoms with E-state index in [4.69, 9.17) is 4.84 Å². The molecule has 0 aliphatic carbocycles. The topological polar surface area (TPSA) is 41.6 Å². The number of carbonyl (C=O) groups is 1. The Hall–Kier alpha value is -0.870. The van der Waals surface area contributed by atoms with Crippen LogP contribution in [0.3, 0.4) is 0 Å². The molecule has 4 nitrogen and oxygen atoms in total. The number of carbonyl (C=O) groups excluding carboxylic acids is 1. The van der Waals surface area contributed by atoms with Crippen LogP contribution in [0.2, 0.25) is 0 Å². The van der Waals surface area contributed by atoms with Crippen LogP contribution in [0.4, 0.5) is 0 Å². The van der Waals surface area contributed by atoms with Crippen molar-refractivity contribution in [3.05, 3.63) is 12.2 Å². The van der Waals surface area contributed by atoms with E-state index in [0.29, 0.717) is 0 Å². The molecule has 1 aliphatic heterocycles. The van der Waals surface area contributed by atoms with Crippen LogP contribution in [-0.4, -0.2) is 37.7 Å². The molecule has 0 bridgehead atoms. The van der Waals surface area contributed by atoms with E-state index < -0.39 is 0 Å². The minimum Gasteiger partial charge on any atom is -0.302 e. The lowest BCUT2D eigenvalue weighted by Crippen LogP contribution is -2.45. The van der Waals surface area contributed by atoms with Gasteiger partial charge in [0, 0.05) is 13.6 Å². The average molecular weight is 170 g/mol. The number of hydrogen-bond donors (Lipinski definition) is 1. The Balaban J connectivity index is 2.46. The molecule has 1 aliphatic rings. The first-order valence-corrected chi connectivity index (χ1v) is 3.95. The van der Waals surface area contributed by atoms with Gasteiger partial charge in [0.1, 0.15) is 0 Å². The third kappa shape index (κ3) is 2.06. The Labute approximate surface area is 72.1 Å². The highest BCUT2D eigenvalue weighted by molar-refractivity contribution is 5.81. The summed E-state index contributed by atoms with van der Waals surface area (Å²) in [7, 11) is 3.10. The van der Waals surface area contributed by atoms with Crippen molar-refractivity contribution in [2.24, 2.45) is 0 Å². The van der Waals surface area contributed by atoms with Crippen molar-refractivity contribution in [1.82, 2.24) is 10.4 Å². The van der Waals surface area contributed by atoms with Gasteiger partial charge in [-0.3, -0.25) is 9.63 Å². The van der Waals surface area contributed by atoms with E-state index in [0.717, 1.165) is 13.0 Å². The Morgan fingerprint density at radius 1 is 1.67 bits per heavy atom. The van der Waals surface area contributed by atoms with Gasteiger partial charge in [0.25, 0.3) is 5.91 Å². The highest BCUT2D eigenvalue weighted by atomic mass is 16.7. The van der Waals surface area contributed by atoms with Gasteiger partial charge < -0.3 is 5.32 Å². The smallest absolute Gasteiger partial charge is 0.263 e. The molecule has 0 aromatic rings. The molecule has 0 fully saturated rings. The molecule has 4 heteroatoms. The largest absolute Gasteiger partial charge is 0.302 e. The molecule has 68 valence electrons. The van der Waals surface area contributed by atoms with E-state index >= 15 is 0 Å². The van der Waals surface area contributed by atoms with Crippen LogP contribution in [0.5, 0.6) is 0 Å². The number of nitrogens with one attached hydrogen (secondary N) is 1. The molecule has 0 aromatic carbocycles. The number of rotatable bonds is 2. The molecular formula is C8H14N2O2. The minimum absolute atomic E-state index is 0.0261. The molecule has 12 heavy (non-hydrogen) atoms. The van der Waals surface area contributed by atoms with E-state index in [1.165, 1.54) is 12.2 Å². The molecule has 1 atom stereocenters. The summed E-state index contributed by atoms with van der Waals surface area (Å²) in [6.07, 6.45) is 4.76. The molecule has 0 radical (unpaired) electrons. The molecule has 0 saturated heterocycles. The predicted molar refractivity (Wildman–Crippen MR) is 45.3 cm³/mol. The van der Waals surface area contributed by atoms with Crippen molar-refractivity contribution in [2.75, 3.05) is 20.7 Å². The normalized spacial score (nSPS) is 22.3. The molecule has 1 unspecified atom stereocenters. The first-order valence-electron chi connectivity index (χ1n) is 3.95. The summed E-state index contributed by atoms with van der Waals surface area (Å²) in [4.78, 5) is 16.2. The zero-order chi connectivity index (χ0) is 8.97. The van der Waals surface area contributed by atoms with Crippen LogP contribution in [0.15, 0.2) is 12.2 Å². The fourth-order valence-electron chi connectivity index (χ4n) is 1.11. The molecule has 0 saturated carbocycles. The molecule has 1 N–H and O–H groups in total. The third-order valence-corrected chi connectivity index (χ3v) is 1.90. The molecule has 0 spiro atoms. The fourth-order valence-corrected chi connectivity index (χ4v) is 1.11. The second-order valence-corrected chi connectivity index (χ2v) is 2.69. The van der Waals surface area contributed by atoms with Crippen molar-refractivity contribution in [1.29, 1.82) is 0 Å². The van der Waals surface area contributed by atoms with Gasteiger partial charge in [-0.2, -0.15) is 0 Å². The van der Waals surface area contributed by atoms with Crippen LogP contribution in [0, 0.1) is 0 Å². The van der Waals surface area contributed by atoms with Gasteiger partial charge in [0.05, 0.1) is 13.2 Å². The molecular weight excluding hydrogens is 156 g/mol. The van der Waals surface area contributed by atoms with Crippen LogP contribution in [0.25, 0.3) is 0 Å². The van der Waals surface area contributed by atoms with Gasteiger partial charge in [-0.1, -0.05) is 12.2 Å². The average Bonchev–Trinajstić information content (AvgIpc) is 2.17. The molecule has 1 rings (SSSR count). The number of hydrogen-bond acceptors (Lipinski definition) is 3. The maximum Gasteiger partial charge on any atom is 0.263 e. The van der Waals surface area contributed by atoms with Gasteiger partial charge in [-0.15, -0.1) is 0 Å². The lowest BCUT2D eigenvalue weighted by molar-refractivity contribution is -0.171. The number of hydroxylamine groups is 2. The lowest BCUT2D eigenvalue weighted by Gasteiger charge is -2.23. The SMILES string of the molecule is CON(C)C(=O)C1CC=CCN1. The van der Waals surface area contributed by atoms with E-state index in [2.05, 4.69) is 5.32 Å². The summed E-state index contributed by atoms with van der Waals surface area (Å²) >= 11 is 0. The van der Waals surface area contributed by atoms with Crippen molar-refractivity contribution in [2.45, 2.75) is 12.5 Å². The quantitative estimate of drug-likeness (QED) is 0.465. The summed E-state index contributed by atoms with van der Waals surface area (Å²) < 4.78 is 0. The van der Waals surface area contributed by atoms with Crippen LogP contribution in [0.1, 0.15) is 6.42 Å². The van der Waals surface area contributed by atoms with Gasteiger partial charge in [0.2, 0.25) is 0 Å². The van der Waals surface area contributed by atoms with E-state index in [9.17, 15) is 4.79 Å². The Bertz CT molecular complexity index is 191. The number of likely N-dealkylation sites (N-methyl/N-ethyl adjacent to an activating group) is 1. The maximum absolute atomic E-state index is 11.4. The lowest BCUT2D eigenvalue weighted by atomic mass is 10.1. The Morgan fingerprint density at radius 3 is 2.92 bits per heavy atom. The van der Waals surface area contributed by atoms with E-state index in [-0.39, 0.29) is 11.9 Å². The van der Waals surface area contributed by atoms with Crippen LogP contribution < -0.4 is 5.32 Å². The number of amides is 1. The first-order chi connectivity index (χ1) is 5.75. The first kappa shape index (κ1) is 9.22. The summed E-state index contributed by atoms with van der Waals surface area (Å²) in [5.41, 5.74) is 0. The van der Waals surface area contributed by atoms with E-state index in [1.807, 2.05) is 12.2 Å². The van der Waals surface area contributed by atoms with Crippen LogP contribution in [-0.2, 0) is 9.63 Å². The van der Waals surface area contributed by atoms with Crippen molar-refractivity contribution >= 4 is 5.91 Å². The highest BCUT2D eigenvalue weighted by Crippen LogP contribution is 2.02. The summed E-state index contributed by atoms with van der Waals surface area (Å²) in [6.45, 7) is 0.758. The molecule has 1 amide bonds. The zero-order valence-corrected chi connectivity index (χ0v) is 7.41. The second kappa shape index (κ2) is 4.23. The fraction of sp³-hybridized carbons (Fsp3) is 0.625. The zero-order valence-electron chi connectivity index (χ0n) is 7.41. The maximum atomic E-state index is 11.4. The molecule has 0 aromatic heterocycles. The molecule has 1 heterocycles. The second-order valence-electron chi connectivity index (χ2n) is 2.69. The summed E-state index contributed by atoms with van der Waals surface area (Å²) in [5.74, 6) is -0.0261. The standard InChI is InChI=1S/C8H14N2O2/c1-10(12-2)8(11)7-5-3-4-6-9-7/h3-4,7,9H,5-6H2,1-2H3. The van der Waals surface area contributed by atoms with E-state index in [1.54, 1.807) is 7.05 Å². The summed E-state index contributed by atoms with van der Waals surface area (Å²) in [6, 6.07) is -0.125. The monoisotopic (exact) mass is 170 g/mol.